The van der Waals surface area contributed by atoms with E-state index in [0.29, 0.717) is 12.1 Å². The van der Waals surface area contributed by atoms with Crippen molar-refractivity contribution in [3.05, 3.63) is 35.5 Å². The molecule has 2 aromatic rings. The minimum atomic E-state index is 0.217. The van der Waals surface area contributed by atoms with Crippen molar-refractivity contribution in [1.29, 1.82) is 0 Å². The van der Waals surface area contributed by atoms with Crippen LogP contribution in [0.2, 0.25) is 0 Å². The number of fused-ring (bicyclic) bond motifs is 1. The van der Waals surface area contributed by atoms with E-state index in [4.69, 9.17) is 5.73 Å². The number of nitrogens with zero attached hydrogens (tertiary/aromatic N) is 1. The van der Waals surface area contributed by atoms with Crippen LogP contribution in [-0.4, -0.2) is 10.1 Å². The van der Waals surface area contributed by atoms with E-state index in [1.807, 2.05) is 19.1 Å². The third kappa shape index (κ3) is 1.22. The molecule has 3 nitrogen and oxygen atoms in total. The molecule has 14 heavy (non-hydrogen) atoms. The molecular weight excluding hydrogens is 176 g/mol. The summed E-state index contributed by atoms with van der Waals surface area (Å²) in [5.41, 5.74) is 8.33. The number of hydrogen-bond donors (Lipinski definition) is 2. The molecule has 0 aliphatic rings. The summed E-state index contributed by atoms with van der Waals surface area (Å²) in [4.78, 5) is 4.18. The van der Waals surface area contributed by atoms with E-state index >= 15 is 0 Å². The first-order valence-electron chi connectivity index (χ1n) is 4.50. The third-order valence-corrected chi connectivity index (χ3v) is 2.47. The topological polar surface area (TPSA) is 59.1 Å². The van der Waals surface area contributed by atoms with Crippen LogP contribution in [0.25, 0.3) is 10.9 Å². The minimum absolute atomic E-state index is 0.217. The van der Waals surface area contributed by atoms with Crippen LogP contribution in [0.4, 0.5) is 0 Å². The molecule has 2 rings (SSSR count). The van der Waals surface area contributed by atoms with Gasteiger partial charge in [-0.1, -0.05) is 12.1 Å². The Morgan fingerprint density at radius 2 is 2.21 bits per heavy atom. The van der Waals surface area contributed by atoms with Crippen molar-refractivity contribution in [2.45, 2.75) is 13.5 Å². The molecule has 3 N–H and O–H groups in total. The predicted molar refractivity (Wildman–Crippen MR) is 56.0 cm³/mol. The molecular formula is C11H12N2O. The largest absolute Gasteiger partial charge is 0.506 e. The molecule has 0 aliphatic heterocycles. The van der Waals surface area contributed by atoms with Gasteiger partial charge in [-0.3, -0.25) is 4.98 Å². The lowest BCUT2D eigenvalue weighted by molar-refractivity contribution is 0.480. The average molecular weight is 188 g/mol. The number of hydrogen-bond acceptors (Lipinski definition) is 3. The van der Waals surface area contributed by atoms with Gasteiger partial charge in [0.1, 0.15) is 11.3 Å². The van der Waals surface area contributed by atoms with E-state index in [0.717, 1.165) is 16.5 Å². The summed E-state index contributed by atoms with van der Waals surface area (Å²) in [6.45, 7) is 2.47. The zero-order valence-corrected chi connectivity index (χ0v) is 7.99. The van der Waals surface area contributed by atoms with Gasteiger partial charge < -0.3 is 10.8 Å². The molecule has 1 aromatic heterocycles. The molecule has 0 fully saturated rings. The predicted octanol–water partition coefficient (Wildman–Crippen LogP) is 1.71. The Balaban J connectivity index is 2.84. The highest BCUT2D eigenvalue weighted by Crippen LogP contribution is 2.25. The molecule has 3 heteroatoms. The van der Waals surface area contributed by atoms with Crippen molar-refractivity contribution in [3.63, 3.8) is 0 Å². The average Bonchev–Trinajstić information content (AvgIpc) is 2.20. The highest BCUT2D eigenvalue weighted by molar-refractivity contribution is 5.87. The van der Waals surface area contributed by atoms with Gasteiger partial charge in [0, 0.05) is 18.1 Å². The second-order valence-electron chi connectivity index (χ2n) is 3.29. The van der Waals surface area contributed by atoms with Crippen LogP contribution in [0.1, 0.15) is 11.1 Å². The van der Waals surface area contributed by atoms with Crippen LogP contribution in [0.3, 0.4) is 0 Å². The summed E-state index contributed by atoms with van der Waals surface area (Å²) in [6, 6.07) is 5.39. The Morgan fingerprint density at radius 1 is 1.43 bits per heavy atom. The fraction of sp³-hybridized carbons (Fsp3) is 0.182. The summed E-state index contributed by atoms with van der Waals surface area (Å²) in [5, 5.41) is 10.5. The van der Waals surface area contributed by atoms with E-state index in [9.17, 15) is 5.11 Å². The number of phenolic OH excluding ortho intramolecular Hbond substituents is 1. The molecule has 0 bridgehead atoms. The van der Waals surface area contributed by atoms with Gasteiger partial charge in [-0.2, -0.15) is 0 Å². The monoisotopic (exact) mass is 188 g/mol. The van der Waals surface area contributed by atoms with Crippen molar-refractivity contribution in [2.24, 2.45) is 5.73 Å². The van der Waals surface area contributed by atoms with Gasteiger partial charge in [0.2, 0.25) is 0 Å². The first kappa shape index (κ1) is 8.97. The lowest BCUT2D eigenvalue weighted by atomic mass is 10.0. The van der Waals surface area contributed by atoms with Crippen molar-refractivity contribution < 1.29 is 5.11 Å². The van der Waals surface area contributed by atoms with Gasteiger partial charge in [-0.15, -0.1) is 0 Å². The zero-order valence-electron chi connectivity index (χ0n) is 7.99. The first-order chi connectivity index (χ1) is 6.74. The smallest absolute Gasteiger partial charge is 0.141 e. The molecule has 0 amide bonds. The van der Waals surface area contributed by atoms with Crippen LogP contribution in [0.15, 0.2) is 24.4 Å². The lowest BCUT2D eigenvalue weighted by Gasteiger charge is -2.07. The zero-order chi connectivity index (χ0) is 10.1. The Kier molecular flexibility index (Phi) is 2.09. The number of benzene rings is 1. The number of aromatic hydroxyl groups is 1. The van der Waals surface area contributed by atoms with Crippen LogP contribution < -0.4 is 5.73 Å². The maximum atomic E-state index is 9.57. The molecule has 1 aromatic carbocycles. The Labute approximate surface area is 82.2 Å². The standard InChI is InChI=1S/C11H12N2O/c1-7-8(5-12)6-13-11-9(7)3-2-4-10(11)14/h2-4,6,14H,5,12H2,1H3. The van der Waals surface area contributed by atoms with E-state index in [-0.39, 0.29) is 5.75 Å². The highest BCUT2D eigenvalue weighted by Gasteiger charge is 2.05. The molecule has 0 saturated carbocycles. The Bertz CT molecular complexity index is 480. The van der Waals surface area contributed by atoms with Crippen molar-refractivity contribution in [2.75, 3.05) is 0 Å². The first-order valence-corrected chi connectivity index (χ1v) is 4.50. The maximum absolute atomic E-state index is 9.57. The van der Waals surface area contributed by atoms with Crippen LogP contribution in [0.5, 0.6) is 5.75 Å². The normalized spacial score (nSPS) is 10.7. The number of rotatable bonds is 1. The summed E-state index contributed by atoms with van der Waals surface area (Å²) < 4.78 is 0. The summed E-state index contributed by atoms with van der Waals surface area (Å²) in [5.74, 6) is 0.217. The second-order valence-corrected chi connectivity index (χ2v) is 3.29. The molecule has 1 heterocycles. The molecule has 0 radical (unpaired) electrons. The molecule has 0 atom stereocenters. The van der Waals surface area contributed by atoms with Crippen molar-refractivity contribution >= 4 is 10.9 Å². The summed E-state index contributed by atoms with van der Waals surface area (Å²) >= 11 is 0. The Hall–Kier alpha value is -1.61. The number of aromatic nitrogens is 1. The van der Waals surface area contributed by atoms with Gasteiger partial charge in [0.05, 0.1) is 0 Å². The number of phenols is 1. The number of nitrogens with two attached hydrogens (primary N) is 1. The van der Waals surface area contributed by atoms with E-state index in [1.165, 1.54) is 0 Å². The van der Waals surface area contributed by atoms with Crippen LogP contribution >= 0.6 is 0 Å². The fourth-order valence-electron chi connectivity index (χ4n) is 1.59. The van der Waals surface area contributed by atoms with Gasteiger partial charge in [-0.25, -0.2) is 0 Å². The van der Waals surface area contributed by atoms with Gasteiger partial charge in [0.15, 0.2) is 0 Å². The molecule has 0 saturated heterocycles. The van der Waals surface area contributed by atoms with E-state index in [1.54, 1.807) is 12.3 Å². The van der Waals surface area contributed by atoms with E-state index in [2.05, 4.69) is 4.98 Å². The molecule has 72 valence electrons. The SMILES string of the molecule is Cc1c(CN)cnc2c(O)cccc12. The quantitative estimate of drug-likeness (QED) is 0.716. The summed E-state index contributed by atoms with van der Waals surface area (Å²) in [6.07, 6.45) is 1.72. The third-order valence-electron chi connectivity index (χ3n) is 2.47. The second kappa shape index (κ2) is 3.27. The number of pyridine rings is 1. The van der Waals surface area contributed by atoms with Crippen molar-refractivity contribution in [1.82, 2.24) is 4.98 Å². The van der Waals surface area contributed by atoms with Gasteiger partial charge in [0.25, 0.3) is 0 Å². The minimum Gasteiger partial charge on any atom is -0.506 e. The van der Waals surface area contributed by atoms with Crippen molar-refractivity contribution in [3.8, 4) is 5.75 Å². The fourth-order valence-corrected chi connectivity index (χ4v) is 1.59. The van der Waals surface area contributed by atoms with Gasteiger partial charge in [-0.05, 0) is 24.1 Å². The van der Waals surface area contributed by atoms with Crippen LogP contribution in [-0.2, 0) is 6.54 Å². The Morgan fingerprint density at radius 3 is 2.93 bits per heavy atom. The molecule has 0 spiro atoms. The summed E-state index contributed by atoms with van der Waals surface area (Å²) in [7, 11) is 0. The van der Waals surface area contributed by atoms with E-state index < -0.39 is 0 Å². The maximum Gasteiger partial charge on any atom is 0.141 e. The lowest BCUT2D eigenvalue weighted by Crippen LogP contribution is -2.00. The van der Waals surface area contributed by atoms with Gasteiger partial charge >= 0.3 is 0 Å². The molecule has 0 aliphatic carbocycles. The highest BCUT2D eigenvalue weighted by atomic mass is 16.3. The molecule has 0 unspecified atom stereocenters. The number of aryl methyl sites for hydroxylation is 1. The number of para-hydroxylation sites is 1. The van der Waals surface area contributed by atoms with Crippen LogP contribution in [0, 0.1) is 6.92 Å².